The Kier molecular flexibility index (Phi) is 3.67. The summed E-state index contributed by atoms with van der Waals surface area (Å²) in [6.45, 7) is 1.77. The molecule has 3 rings (SSSR count). The van der Waals surface area contributed by atoms with Gasteiger partial charge in [-0.25, -0.2) is 8.42 Å². The largest absolute Gasteiger partial charge is 0.744 e. The van der Waals surface area contributed by atoms with Gasteiger partial charge < -0.3 is 4.55 Å². The van der Waals surface area contributed by atoms with Crippen molar-refractivity contribution in [3.05, 3.63) is 65.2 Å². The molecule has 0 amide bonds. The van der Waals surface area contributed by atoms with Crippen molar-refractivity contribution in [3.8, 4) is 11.1 Å². The topological polar surface area (TPSA) is 93.1 Å². The number of aromatic nitrogens is 2. The summed E-state index contributed by atoms with van der Waals surface area (Å²) in [6.07, 6.45) is 1.16. The van der Waals surface area contributed by atoms with Crippen LogP contribution in [0.2, 0.25) is 0 Å². The number of hydrogen-bond donors (Lipinski definition) is 0. The van der Waals surface area contributed by atoms with Crippen molar-refractivity contribution in [2.75, 3.05) is 0 Å². The summed E-state index contributed by atoms with van der Waals surface area (Å²) in [5.74, 6) is 0. The fraction of sp³-hybridized carbons (Fsp3) is 0.0625. The second-order valence-corrected chi connectivity index (χ2v) is 6.49. The molecular weight excluding hydrogens is 316 g/mol. The molecule has 6 nitrogen and oxygen atoms in total. The first-order valence-electron chi connectivity index (χ1n) is 6.75. The van der Waals surface area contributed by atoms with Gasteiger partial charge in [0.25, 0.3) is 6.20 Å². The Hall–Kier alpha value is -2.64. The van der Waals surface area contributed by atoms with Gasteiger partial charge in [-0.15, -0.1) is 0 Å². The van der Waals surface area contributed by atoms with Crippen LogP contribution in [0.25, 0.3) is 22.0 Å². The predicted octanol–water partition coefficient (Wildman–Crippen LogP) is 2.03. The van der Waals surface area contributed by atoms with Crippen LogP contribution in [-0.4, -0.2) is 18.1 Å². The van der Waals surface area contributed by atoms with Gasteiger partial charge in [-0.2, -0.15) is 0 Å². The molecule has 0 N–H and O–H groups in total. The third kappa shape index (κ3) is 3.10. The van der Waals surface area contributed by atoms with Gasteiger partial charge in [-0.3, -0.25) is 0 Å². The molecule has 0 atom stereocenters. The smallest absolute Gasteiger partial charge is 0.267 e. The molecule has 2 aromatic carbocycles. The summed E-state index contributed by atoms with van der Waals surface area (Å²) in [4.78, 5) is 11.5. The number of benzene rings is 2. The van der Waals surface area contributed by atoms with Gasteiger partial charge in [0, 0.05) is 10.9 Å². The zero-order valence-corrected chi connectivity index (χ0v) is 12.9. The molecule has 0 aliphatic carbocycles. The third-order valence-electron chi connectivity index (χ3n) is 3.42. The average molecular weight is 328 g/mol. The maximum Gasteiger partial charge on any atom is 0.267 e. The van der Waals surface area contributed by atoms with Gasteiger partial charge in [0.15, 0.2) is 4.54 Å². The lowest BCUT2D eigenvalue weighted by molar-refractivity contribution is -0.560. The molecule has 0 fully saturated rings. The molecule has 0 unspecified atom stereocenters. The van der Waals surface area contributed by atoms with E-state index in [0.29, 0.717) is 21.0 Å². The van der Waals surface area contributed by atoms with E-state index in [-0.39, 0.29) is 10.5 Å². The van der Waals surface area contributed by atoms with Gasteiger partial charge in [0.05, 0.1) is 20.5 Å². The minimum Gasteiger partial charge on any atom is -0.744 e. The molecule has 3 aromatic rings. The highest BCUT2D eigenvalue weighted by atomic mass is 32.2. The Bertz CT molecular complexity index is 1080. The molecule has 1 aromatic heterocycles. The van der Waals surface area contributed by atoms with Crippen molar-refractivity contribution in [3.63, 3.8) is 0 Å². The molecular formula is C16H12N2O4S. The minimum atomic E-state index is -4.67. The zero-order valence-electron chi connectivity index (χ0n) is 12.1. The fourth-order valence-electron chi connectivity index (χ4n) is 2.39. The normalized spacial score (nSPS) is 11.6. The molecule has 0 spiro atoms. The van der Waals surface area contributed by atoms with Gasteiger partial charge in [-0.05, 0) is 31.2 Å². The molecule has 23 heavy (non-hydrogen) atoms. The van der Waals surface area contributed by atoms with Crippen LogP contribution in [0.5, 0.6) is 0 Å². The summed E-state index contributed by atoms with van der Waals surface area (Å²) < 4.78 is 34.9. The molecule has 116 valence electrons. The first-order valence-corrected chi connectivity index (χ1v) is 8.16. The van der Waals surface area contributed by atoms with Crippen LogP contribution < -0.4 is 4.54 Å². The highest BCUT2D eigenvalue weighted by Gasteiger charge is 2.14. The molecule has 7 heteroatoms. The lowest BCUT2D eigenvalue weighted by Gasteiger charge is -2.12. The number of rotatable bonds is 2. The molecule has 0 aliphatic heterocycles. The van der Waals surface area contributed by atoms with Crippen molar-refractivity contribution in [2.24, 2.45) is 0 Å². The average Bonchev–Trinajstić information content (AvgIpc) is 2.63. The Balaban J connectivity index is 2.42. The van der Waals surface area contributed by atoms with E-state index in [1.165, 1.54) is 6.07 Å². The standard InChI is InChI=1S/C16H12N2O4S/c1-11-6-7-16(23(20,21)22)14(8-11)13-9-12-4-2-3-5-15(12)17-18(19)10-13/h2-10H,1H3. The van der Waals surface area contributed by atoms with Crippen LogP contribution in [0.4, 0.5) is 0 Å². The Labute approximate surface area is 132 Å². The quantitative estimate of drug-likeness (QED) is 0.530. The van der Waals surface area contributed by atoms with Crippen molar-refractivity contribution in [1.82, 2.24) is 5.10 Å². The Morgan fingerprint density at radius 3 is 2.57 bits per heavy atom. The monoisotopic (exact) mass is 328 g/mol. The lowest BCUT2D eigenvalue weighted by Crippen LogP contribution is -2.15. The zero-order chi connectivity index (χ0) is 16.6. The number of hydrogen-bond acceptors (Lipinski definition) is 5. The SMILES string of the molecule is Cc1ccc(S(=O)(=O)[O-])c(-c2cc3ccccc3n[n+](=O)c2)c1. The third-order valence-corrected chi connectivity index (χ3v) is 4.31. The van der Waals surface area contributed by atoms with E-state index in [1.807, 2.05) is 0 Å². The van der Waals surface area contributed by atoms with E-state index in [9.17, 15) is 17.9 Å². The van der Waals surface area contributed by atoms with E-state index in [1.54, 1.807) is 49.4 Å². The molecule has 0 saturated carbocycles. The van der Waals surface area contributed by atoms with Gasteiger partial charge in [0.1, 0.15) is 15.6 Å². The van der Waals surface area contributed by atoms with Crippen LogP contribution in [-0.2, 0) is 10.1 Å². The van der Waals surface area contributed by atoms with Crippen molar-refractivity contribution < 1.29 is 17.5 Å². The summed E-state index contributed by atoms with van der Waals surface area (Å²) in [7, 11) is -4.67. The lowest BCUT2D eigenvalue weighted by atomic mass is 10.0. The van der Waals surface area contributed by atoms with Crippen LogP contribution in [0, 0.1) is 11.8 Å². The van der Waals surface area contributed by atoms with Gasteiger partial charge in [-0.1, -0.05) is 29.8 Å². The van der Waals surface area contributed by atoms with Crippen LogP contribution in [0.1, 0.15) is 5.56 Å². The molecule has 0 aliphatic rings. The van der Waals surface area contributed by atoms with E-state index in [2.05, 4.69) is 5.10 Å². The highest BCUT2D eigenvalue weighted by Crippen LogP contribution is 2.28. The van der Waals surface area contributed by atoms with Crippen LogP contribution >= 0.6 is 0 Å². The first kappa shape index (κ1) is 15.3. The maximum absolute atomic E-state index is 11.9. The second-order valence-electron chi connectivity index (χ2n) is 5.14. The summed E-state index contributed by atoms with van der Waals surface area (Å²) >= 11 is 0. The summed E-state index contributed by atoms with van der Waals surface area (Å²) in [6, 6.07) is 13.0. The van der Waals surface area contributed by atoms with Crippen molar-refractivity contribution in [1.29, 1.82) is 0 Å². The van der Waals surface area contributed by atoms with E-state index < -0.39 is 10.1 Å². The Morgan fingerprint density at radius 2 is 1.83 bits per heavy atom. The van der Waals surface area contributed by atoms with Crippen LogP contribution in [0.15, 0.2) is 59.6 Å². The van der Waals surface area contributed by atoms with Crippen molar-refractivity contribution in [2.45, 2.75) is 11.8 Å². The summed E-state index contributed by atoms with van der Waals surface area (Å²) in [5.41, 5.74) is 1.74. The number of nitrogens with zero attached hydrogens (tertiary/aromatic N) is 2. The molecule has 0 saturated heterocycles. The van der Waals surface area contributed by atoms with E-state index >= 15 is 0 Å². The minimum absolute atomic E-state index is 0.188. The second kappa shape index (κ2) is 5.53. The van der Waals surface area contributed by atoms with E-state index in [4.69, 9.17) is 0 Å². The van der Waals surface area contributed by atoms with Crippen molar-refractivity contribution >= 4 is 21.0 Å². The Morgan fingerprint density at radius 1 is 1.09 bits per heavy atom. The number of fused-ring (bicyclic) bond motifs is 1. The van der Waals surface area contributed by atoms with Gasteiger partial charge in [0.2, 0.25) is 0 Å². The molecule has 1 heterocycles. The highest BCUT2D eigenvalue weighted by molar-refractivity contribution is 7.85. The number of aryl methyl sites for hydroxylation is 1. The molecule has 0 radical (unpaired) electrons. The van der Waals surface area contributed by atoms with Crippen LogP contribution in [0.3, 0.4) is 0 Å². The fourth-order valence-corrected chi connectivity index (χ4v) is 3.08. The predicted molar refractivity (Wildman–Crippen MR) is 83.2 cm³/mol. The van der Waals surface area contributed by atoms with E-state index in [0.717, 1.165) is 11.8 Å². The summed E-state index contributed by atoms with van der Waals surface area (Å²) in [5, 5.41) is 4.53. The maximum atomic E-state index is 11.9. The molecule has 0 bridgehead atoms. The van der Waals surface area contributed by atoms with Gasteiger partial charge >= 0.3 is 0 Å². The first-order chi connectivity index (χ1) is 10.8.